The zero-order chi connectivity index (χ0) is 20.9. The van der Waals surface area contributed by atoms with E-state index in [4.69, 9.17) is 4.98 Å². The van der Waals surface area contributed by atoms with Crippen LogP contribution in [0.2, 0.25) is 0 Å². The van der Waals surface area contributed by atoms with Gasteiger partial charge in [0.2, 0.25) is 0 Å². The van der Waals surface area contributed by atoms with Crippen LogP contribution in [0.3, 0.4) is 0 Å². The third-order valence-electron chi connectivity index (χ3n) is 4.90. The van der Waals surface area contributed by atoms with Crippen molar-refractivity contribution < 1.29 is 9.50 Å². The average molecular weight is 429 g/mol. The van der Waals surface area contributed by atoms with E-state index in [1.165, 1.54) is 12.3 Å². The predicted molar refractivity (Wildman–Crippen MR) is 115 cm³/mol. The minimum Gasteiger partial charge on any atom is -0.506 e. The molecule has 0 spiro atoms. The van der Waals surface area contributed by atoms with Gasteiger partial charge >= 0.3 is 0 Å². The number of hydrogen-bond donors (Lipinski definition) is 3. The Morgan fingerprint density at radius 3 is 2.74 bits per heavy atom. The van der Waals surface area contributed by atoms with Crippen molar-refractivity contribution >= 4 is 33.3 Å². The molecule has 0 aliphatic rings. The molecule has 10 heteroatoms. The van der Waals surface area contributed by atoms with Gasteiger partial charge in [-0.1, -0.05) is 0 Å². The third kappa shape index (κ3) is 2.92. The van der Waals surface area contributed by atoms with E-state index >= 15 is 0 Å². The number of nitrogens with zero attached hydrogens (tertiary/aromatic N) is 5. The van der Waals surface area contributed by atoms with Crippen LogP contribution in [0.15, 0.2) is 55.1 Å². The molecular formula is C21H12FN7OS. The molecular weight excluding hydrogens is 417 g/mol. The second kappa shape index (κ2) is 6.67. The summed E-state index contributed by atoms with van der Waals surface area (Å²) in [7, 11) is 0. The van der Waals surface area contributed by atoms with E-state index in [1.807, 2.05) is 12.1 Å². The smallest absolute Gasteiger partial charge is 0.177 e. The van der Waals surface area contributed by atoms with Gasteiger partial charge in [0.15, 0.2) is 11.0 Å². The van der Waals surface area contributed by atoms with E-state index < -0.39 is 0 Å². The lowest BCUT2D eigenvalue weighted by Crippen LogP contribution is -1.86. The van der Waals surface area contributed by atoms with Crippen LogP contribution in [0.25, 0.3) is 55.3 Å². The fraction of sp³-hybridized carbons (Fsp3) is 0. The Morgan fingerprint density at radius 1 is 0.968 bits per heavy atom. The molecule has 8 nitrogen and oxygen atoms in total. The molecule has 0 radical (unpaired) electrons. The molecule has 0 amide bonds. The largest absolute Gasteiger partial charge is 0.506 e. The van der Waals surface area contributed by atoms with Crippen molar-refractivity contribution in [3.63, 3.8) is 0 Å². The van der Waals surface area contributed by atoms with Crippen molar-refractivity contribution in [2.24, 2.45) is 0 Å². The second-order valence-corrected chi connectivity index (χ2v) is 7.90. The van der Waals surface area contributed by atoms with Crippen LogP contribution < -0.4 is 0 Å². The zero-order valence-corrected chi connectivity index (χ0v) is 16.5. The molecule has 0 aliphatic heterocycles. The minimum atomic E-state index is -0.274. The molecule has 0 aliphatic carbocycles. The van der Waals surface area contributed by atoms with Crippen LogP contribution in [0.1, 0.15) is 0 Å². The number of H-pyrrole nitrogens is 2. The van der Waals surface area contributed by atoms with Gasteiger partial charge in [-0.15, -0.1) is 11.3 Å². The average Bonchev–Trinajstić information content (AvgIpc) is 3.50. The lowest BCUT2D eigenvalue weighted by atomic mass is 10.1. The maximum atomic E-state index is 13.5. The zero-order valence-electron chi connectivity index (χ0n) is 15.7. The first-order chi connectivity index (χ1) is 15.2. The monoisotopic (exact) mass is 429 g/mol. The van der Waals surface area contributed by atoms with Gasteiger partial charge in [-0.3, -0.25) is 20.1 Å². The molecule has 31 heavy (non-hydrogen) atoms. The first-order valence-corrected chi connectivity index (χ1v) is 10.1. The van der Waals surface area contributed by atoms with E-state index in [-0.39, 0.29) is 10.9 Å². The van der Waals surface area contributed by atoms with Gasteiger partial charge in [0.05, 0.1) is 34.0 Å². The Kier molecular flexibility index (Phi) is 3.80. The number of aromatic amines is 2. The number of aromatic nitrogens is 7. The van der Waals surface area contributed by atoms with Crippen molar-refractivity contribution in [2.75, 3.05) is 0 Å². The number of thiophene rings is 1. The summed E-state index contributed by atoms with van der Waals surface area (Å²) in [6.07, 6.45) is 6.34. The number of halogens is 1. The second-order valence-electron chi connectivity index (χ2n) is 6.86. The third-order valence-corrected chi connectivity index (χ3v) is 5.78. The van der Waals surface area contributed by atoms with Crippen molar-refractivity contribution in [1.29, 1.82) is 0 Å². The molecule has 3 N–H and O–H groups in total. The van der Waals surface area contributed by atoms with Crippen LogP contribution in [0, 0.1) is 5.13 Å². The van der Waals surface area contributed by atoms with Crippen molar-refractivity contribution in [1.82, 2.24) is 35.1 Å². The van der Waals surface area contributed by atoms with Crippen LogP contribution in [0.4, 0.5) is 4.39 Å². The van der Waals surface area contributed by atoms with Gasteiger partial charge in [0.1, 0.15) is 22.7 Å². The van der Waals surface area contributed by atoms with E-state index in [2.05, 4.69) is 30.1 Å². The van der Waals surface area contributed by atoms with Crippen LogP contribution >= 0.6 is 11.3 Å². The summed E-state index contributed by atoms with van der Waals surface area (Å²) in [6.45, 7) is 0. The number of rotatable bonds is 3. The van der Waals surface area contributed by atoms with Gasteiger partial charge in [-0.2, -0.15) is 9.49 Å². The molecule has 6 aromatic heterocycles. The highest BCUT2D eigenvalue weighted by molar-refractivity contribution is 7.13. The lowest BCUT2D eigenvalue weighted by Gasteiger charge is -2.01. The summed E-state index contributed by atoms with van der Waals surface area (Å²) >= 11 is 1.03. The van der Waals surface area contributed by atoms with E-state index in [1.54, 1.807) is 30.7 Å². The summed E-state index contributed by atoms with van der Waals surface area (Å²) in [5.41, 5.74) is 4.72. The Hall–Kier alpha value is -4.18. The molecule has 0 saturated carbocycles. The molecule has 0 fully saturated rings. The number of fused-ring (bicyclic) bond motifs is 2. The molecule has 6 rings (SSSR count). The number of aromatic hydroxyl groups is 1. The minimum absolute atomic E-state index is 0.0640. The molecule has 6 heterocycles. The Balaban J connectivity index is 1.51. The summed E-state index contributed by atoms with van der Waals surface area (Å²) in [5.74, 6) is 0.618. The van der Waals surface area contributed by atoms with Crippen LogP contribution in [-0.2, 0) is 0 Å². The molecule has 0 atom stereocenters. The SMILES string of the molecule is Oc1cncc(-c2cc3c(-c4nc5c(-c6ccc(F)s6)nccc5[nH]4)n[nH]c3cn2)c1. The predicted octanol–water partition coefficient (Wildman–Crippen LogP) is 4.53. The first kappa shape index (κ1) is 17.7. The maximum absolute atomic E-state index is 13.5. The highest BCUT2D eigenvalue weighted by Crippen LogP contribution is 2.33. The number of nitrogens with one attached hydrogen (secondary N) is 2. The standard InChI is InChI=1S/C21H12FN7OS/c22-17-2-1-16(31-17)20-19-13(3-4-24-20)26-21(27-19)18-12-6-14(25-9-15(12)28-29-18)10-5-11(30)8-23-7-10/h1-9,30H,(H,26,27)(H,28,29). The quantitative estimate of drug-likeness (QED) is 0.381. The van der Waals surface area contributed by atoms with Gasteiger partial charge in [0, 0.05) is 23.3 Å². The van der Waals surface area contributed by atoms with Gasteiger partial charge < -0.3 is 10.1 Å². The van der Waals surface area contributed by atoms with Gasteiger partial charge in [0.25, 0.3) is 0 Å². The highest BCUT2D eigenvalue weighted by atomic mass is 32.1. The molecule has 150 valence electrons. The molecule has 0 unspecified atom stereocenters. The van der Waals surface area contributed by atoms with Gasteiger partial charge in [-0.25, -0.2) is 4.98 Å². The van der Waals surface area contributed by atoms with Crippen molar-refractivity contribution in [2.45, 2.75) is 0 Å². The fourth-order valence-corrected chi connectivity index (χ4v) is 4.22. The lowest BCUT2D eigenvalue weighted by molar-refractivity contribution is 0.473. The van der Waals surface area contributed by atoms with Crippen LogP contribution in [-0.4, -0.2) is 40.2 Å². The topological polar surface area (TPSA) is 116 Å². The number of imidazole rings is 1. The van der Waals surface area contributed by atoms with E-state index in [0.717, 1.165) is 27.8 Å². The van der Waals surface area contributed by atoms with Gasteiger partial charge in [-0.05, 0) is 30.3 Å². The van der Waals surface area contributed by atoms with E-state index in [9.17, 15) is 9.50 Å². The Bertz CT molecular complexity index is 1590. The molecule has 6 aromatic rings. The number of pyridine rings is 3. The summed E-state index contributed by atoms with van der Waals surface area (Å²) in [4.78, 5) is 21.5. The summed E-state index contributed by atoms with van der Waals surface area (Å²) in [5, 5.41) is 17.7. The molecule has 0 aromatic carbocycles. The first-order valence-electron chi connectivity index (χ1n) is 9.25. The molecule has 0 saturated heterocycles. The fourth-order valence-electron chi connectivity index (χ4n) is 3.49. The van der Waals surface area contributed by atoms with Crippen molar-refractivity contribution in [3.8, 4) is 39.1 Å². The Morgan fingerprint density at radius 2 is 1.90 bits per heavy atom. The molecule has 0 bridgehead atoms. The summed E-state index contributed by atoms with van der Waals surface area (Å²) in [6, 6.07) is 8.40. The highest BCUT2D eigenvalue weighted by Gasteiger charge is 2.17. The normalized spacial score (nSPS) is 11.5. The van der Waals surface area contributed by atoms with E-state index in [0.29, 0.717) is 38.9 Å². The van der Waals surface area contributed by atoms with Crippen LogP contribution in [0.5, 0.6) is 5.75 Å². The van der Waals surface area contributed by atoms with Crippen molar-refractivity contribution in [3.05, 3.63) is 60.3 Å². The Labute approximate surface area is 177 Å². The summed E-state index contributed by atoms with van der Waals surface area (Å²) < 4.78 is 13.5. The maximum Gasteiger partial charge on any atom is 0.177 e. The number of hydrogen-bond acceptors (Lipinski definition) is 7.